The minimum atomic E-state index is -0.410. The summed E-state index contributed by atoms with van der Waals surface area (Å²) in [6.45, 7) is 12.5. The van der Waals surface area contributed by atoms with E-state index in [1.54, 1.807) is 0 Å². The fourth-order valence-electron chi connectivity index (χ4n) is 2.70. The molecule has 2 heterocycles. The molecule has 1 amide bonds. The molecule has 2 aliphatic heterocycles. The van der Waals surface area contributed by atoms with Gasteiger partial charge in [0, 0.05) is 44.8 Å². The highest BCUT2D eigenvalue weighted by Crippen LogP contribution is 2.18. The number of ether oxygens (including phenoxy) is 1. The Morgan fingerprint density at radius 2 is 2.00 bits per heavy atom. The first-order chi connectivity index (χ1) is 8.37. The van der Waals surface area contributed by atoms with Crippen molar-refractivity contribution < 1.29 is 9.53 Å². The minimum Gasteiger partial charge on any atom is -0.444 e. The van der Waals surface area contributed by atoms with Crippen LogP contribution in [-0.4, -0.2) is 66.3 Å². The number of hydrogen-bond acceptors (Lipinski definition) is 4. The van der Waals surface area contributed by atoms with Crippen molar-refractivity contribution in [1.29, 1.82) is 0 Å². The molecule has 2 atom stereocenters. The van der Waals surface area contributed by atoms with Gasteiger partial charge >= 0.3 is 6.09 Å². The van der Waals surface area contributed by atoms with Crippen LogP contribution in [0.1, 0.15) is 27.7 Å². The Labute approximate surface area is 109 Å². The number of rotatable bonds is 0. The van der Waals surface area contributed by atoms with Crippen LogP contribution < -0.4 is 5.32 Å². The summed E-state index contributed by atoms with van der Waals surface area (Å²) in [5.41, 5.74) is -0.410. The second-order valence-electron chi connectivity index (χ2n) is 6.33. The molecule has 0 saturated carbocycles. The monoisotopic (exact) mass is 255 g/mol. The number of amides is 1. The van der Waals surface area contributed by atoms with Crippen molar-refractivity contribution in [2.24, 2.45) is 0 Å². The van der Waals surface area contributed by atoms with Gasteiger partial charge in [-0.15, -0.1) is 0 Å². The zero-order valence-electron chi connectivity index (χ0n) is 11.9. The van der Waals surface area contributed by atoms with Crippen molar-refractivity contribution in [3.05, 3.63) is 0 Å². The molecule has 0 aliphatic carbocycles. The van der Waals surface area contributed by atoms with E-state index in [4.69, 9.17) is 4.74 Å². The number of piperazine rings is 2. The number of nitrogens with one attached hydrogen (secondary N) is 1. The fourth-order valence-corrected chi connectivity index (χ4v) is 2.70. The smallest absolute Gasteiger partial charge is 0.410 e. The molecular formula is C13H25N3O2. The maximum atomic E-state index is 12.0. The quantitative estimate of drug-likeness (QED) is 0.698. The molecule has 2 aliphatic rings. The maximum absolute atomic E-state index is 12.0. The van der Waals surface area contributed by atoms with E-state index < -0.39 is 5.60 Å². The third kappa shape index (κ3) is 3.14. The van der Waals surface area contributed by atoms with E-state index in [0.29, 0.717) is 12.1 Å². The lowest BCUT2D eigenvalue weighted by atomic mass is 10.1. The average molecular weight is 255 g/mol. The molecule has 18 heavy (non-hydrogen) atoms. The molecule has 0 unspecified atom stereocenters. The van der Waals surface area contributed by atoms with Crippen molar-refractivity contribution in [2.45, 2.75) is 45.4 Å². The second kappa shape index (κ2) is 5.05. The predicted molar refractivity (Wildman–Crippen MR) is 70.6 cm³/mol. The molecule has 0 aromatic carbocycles. The number of carbonyl (C=O) groups is 1. The third-order valence-corrected chi connectivity index (χ3v) is 3.57. The summed E-state index contributed by atoms with van der Waals surface area (Å²) in [5.74, 6) is 0. The molecule has 0 bridgehead atoms. The van der Waals surface area contributed by atoms with Gasteiger partial charge in [-0.25, -0.2) is 4.79 Å². The number of fused-ring (bicyclic) bond motifs is 1. The lowest BCUT2D eigenvalue weighted by Gasteiger charge is -2.47. The minimum absolute atomic E-state index is 0.180. The fraction of sp³-hybridized carbons (Fsp3) is 0.923. The SMILES string of the molecule is C[C@H]1CNC[C@H]2CN(C(=O)OC(C)(C)C)CCN21. The lowest BCUT2D eigenvalue weighted by Crippen LogP contribution is -2.65. The first-order valence-electron chi connectivity index (χ1n) is 6.81. The van der Waals surface area contributed by atoms with E-state index in [2.05, 4.69) is 17.1 Å². The van der Waals surface area contributed by atoms with Crippen molar-refractivity contribution >= 4 is 6.09 Å². The number of nitrogens with zero attached hydrogens (tertiary/aromatic N) is 2. The van der Waals surface area contributed by atoms with Gasteiger partial charge in [-0.1, -0.05) is 0 Å². The van der Waals surface area contributed by atoms with E-state index >= 15 is 0 Å². The molecular weight excluding hydrogens is 230 g/mol. The topological polar surface area (TPSA) is 44.8 Å². The Morgan fingerprint density at radius 1 is 1.28 bits per heavy atom. The van der Waals surface area contributed by atoms with Gasteiger partial charge in [0.15, 0.2) is 0 Å². The van der Waals surface area contributed by atoms with Crippen molar-refractivity contribution in [3.8, 4) is 0 Å². The zero-order chi connectivity index (χ0) is 13.3. The summed E-state index contributed by atoms with van der Waals surface area (Å²) in [5, 5.41) is 3.42. The zero-order valence-corrected chi connectivity index (χ0v) is 11.9. The summed E-state index contributed by atoms with van der Waals surface area (Å²) in [6.07, 6.45) is -0.180. The lowest BCUT2D eigenvalue weighted by molar-refractivity contribution is -0.00977. The standard InChI is InChI=1S/C13H25N3O2/c1-10-7-14-8-11-9-15(5-6-16(10)11)12(17)18-13(2,3)4/h10-11,14H,5-9H2,1-4H3/t10-,11-/m0/s1. The molecule has 0 radical (unpaired) electrons. The molecule has 2 saturated heterocycles. The van der Waals surface area contributed by atoms with Gasteiger partial charge in [0.1, 0.15) is 5.60 Å². The van der Waals surface area contributed by atoms with E-state index in [1.807, 2.05) is 25.7 Å². The van der Waals surface area contributed by atoms with Crippen LogP contribution >= 0.6 is 0 Å². The average Bonchev–Trinajstić information content (AvgIpc) is 2.26. The number of hydrogen-bond donors (Lipinski definition) is 1. The summed E-state index contributed by atoms with van der Waals surface area (Å²) >= 11 is 0. The molecule has 104 valence electrons. The highest BCUT2D eigenvalue weighted by atomic mass is 16.6. The van der Waals surface area contributed by atoms with Crippen LogP contribution in [0.2, 0.25) is 0 Å². The summed E-state index contributed by atoms with van der Waals surface area (Å²) < 4.78 is 5.43. The van der Waals surface area contributed by atoms with Crippen LogP contribution in [0.5, 0.6) is 0 Å². The van der Waals surface area contributed by atoms with Gasteiger partial charge < -0.3 is 15.0 Å². The predicted octanol–water partition coefficient (Wildman–Crippen LogP) is 0.899. The Bertz CT molecular complexity index is 314. The van der Waals surface area contributed by atoms with Crippen LogP contribution in [0, 0.1) is 0 Å². The van der Waals surface area contributed by atoms with Gasteiger partial charge in [-0.3, -0.25) is 4.90 Å². The first kappa shape index (κ1) is 13.6. The summed E-state index contributed by atoms with van der Waals surface area (Å²) in [6, 6.07) is 0.986. The first-order valence-corrected chi connectivity index (χ1v) is 6.81. The van der Waals surface area contributed by atoms with Gasteiger partial charge in [0.05, 0.1) is 0 Å². The molecule has 0 spiro atoms. The molecule has 5 nitrogen and oxygen atoms in total. The second-order valence-corrected chi connectivity index (χ2v) is 6.33. The molecule has 2 fully saturated rings. The van der Waals surface area contributed by atoms with E-state index in [1.165, 1.54) is 0 Å². The van der Waals surface area contributed by atoms with Crippen molar-refractivity contribution in [1.82, 2.24) is 15.1 Å². The maximum Gasteiger partial charge on any atom is 0.410 e. The van der Waals surface area contributed by atoms with Gasteiger partial charge in [-0.2, -0.15) is 0 Å². The van der Waals surface area contributed by atoms with E-state index in [-0.39, 0.29) is 6.09 Å². The summed E-state index contributed by atoms with van der Waals surface area (Å²) in [4.78, 5) is 16.4. The Hall–Kier alpha value is -0.810. The molecule has 5 heteroatoms. The van der Waals surface area contributed by atoms with Crippen molar-refractivity contribution in [2.75, 3.05) is 32.7 Å². The van der Waals surface area contributed by atoms with Crippen molar-refractivity contribution in [3.63, 3.8) is 0 Å². The Kier molecular flexibility index (Phi) is 3.82. The molecule has 0 aromatic rings. The van der Waals surface area contributed by atoms with Gasteiger partial charge in [0.25, 0.3) is 0 Å². The number of carbonyl (C=O) groups excluding carboxylic acids is 1. The highest BCUT2D eigenvalue weighted by molar-refractivity contribution is 5.68. The summed E-state index contributed by atoms with van der Waals surface area (Å²) in [7, 11) is 0. The Balaban J connectivity index is 1.92. The van der Waals surface area contributed by atoms with E-state index in [0.717, 1.165) is 32.7 Å². The molecule has 2 rings (SSSR count). The molecule has 0 aromatic heterocycles. The molecule has 1 N–H and O–H groups in total. The van der Waals surface area contributed by atoms with Crippen LogP contribution in [0.25, 0.3) is 0 Å². The van der Waals surface area contributed by atoms with Crippen LogP contribution in [0.3, 0.4) is 0 Å². The third-order valence-electron chi connectivity index (χ3n) is 3.57. The van der Waals surface area contributed by atoms with Gasteiger partial charge in [0.2, 0.25) is 0 Å². The normalized spacial score (nSPS) is 29.9. The van der Waals surface area contributed by atoms with Gasteiger partial charge in [-0.05, 0) is 27.7 Å². The largest absolute Gasteiger partial charge is 0.444 e. The van der Waals surface area contributed by atoms with E-state index in [9.17, 15) is 4.79 Å². The van der Waals surface area contributed by atoms with Crippen LogP contribution in [-0.2, 0) is 4.74 Å². The Morgan fingerprint density at radius 3 is 2.67 bits per heavy atom. The van der Waals surface area contributed by atoms with Crippen LogP contribution in [0.4, 0.5) is 4.79 Å². The highest BCUT2D eigenvalue weighted by Gasteiger charge is 2.35. The van der Waals surface area contributed by atoms with Crippen LogP contribution in [0.15, 0.2) is 0 Å².